The topological polar surface area (TPSA) is 57.7 Å². The van der Waals surface area contributed by atoms with Crippen molar-refractivity contribution in [2.45, 2.75) is 0 Å². The molecule has 100 valence electrons. The Hall–Kier alpha value is -2.31. The molecular formula is C12H10F2N2O3. The lowest BCUT2D eigenvalue weighted by atomic mass is 10.1. The van der Waals surface area contributed by atoms with Gasteiger partial charge in [-0.15, -0.1) is 0 Å². The van der Waals surface area contributed by atoms with Crippen molar-refractivity contribution in [3.8, 4) is 0 Å². The van der Waals surface area contributed by atoms with Crippen LogP contribution in [0, 0.1) is 11.6 Å². The SMILES string of the molecule is CN(C)C(=O)CN1C(=O)C(=O)c2cc(F)cc(F)c21. The lowest BCUT2D eigenvalue weighted by molar-refractivity contribution is -0.128. The molecule has 0 aliphatic carbocycles. The average Bonchev–Trinajstić information content (AvgIpc) is 2.54. The van der Waals surface area contributed by atoms with Crippen LogP contribution in [0.3, 0.4) is 0 Å². The van der Waals surface area contributed by atoms with Crippen LogP contribution in [0.1, 0.15) is 10.4 Å². The minimum atomic E-state index is -1.04. The summed E-state index contributed by atoms with van der Waals surface area (Å²) in [5, 5.41) is 0. The minimum absolute atomic E-state index is 0.341. The molecule has 1 aliphatic rings. The maximum Gasteiger partial charge on any atom is 0.300 e. The van der Waals surface area contributed by atoms with Gasteiger partial charge in [0, 0.05) is 20.2 Å². The van der Waals surface area contributed by atoms with Gasteiger partial charge in [-0.05, 0) is 6.07 Å². The van der Waals surface area contributed by atoms with E-state index in [0.29, 0.717) is 6.07 Å². The summed E-state index contributed by atoms with van der Waals surface area (Å²) in [6.07, 6.45) is 0. The predicted octanol–water partition coefficient (Wildman–Crippen LogP) is 0.582. The Kier molecular flexibility index (Phi) is 3.05. The first kappa shape index (κ1) is 13.1. The monoisotopic (exact) mass is 268 g/mol. The Morgan fingerprint density at radius 1 is 1.26 bits per heavy atom. The maximum atomic E-state index is 13.7. The lowest BCUT2D eigenvalue weighted by Crippen LogP contribution is -2.39. The van der Waals surface area contributed by atoms with Gasteiger partial charge in [0.25, 0.3) is 11.7 Å². The normalized spacial score (nSPS) is 13.8. The van der Waals surface area contributed by atoms with E-state index in [1.165, 1.54) is 19.0 Å². The summed E-state index contributed by atoms with van der Waals surface area (Å²) >= 11 is 0. The van der Waals surface area contributed by atoms with Gasteiger partial charge in [0.05, 0.1) is 11.3 Å². The van der Waals surface area contributed by atoms with Crippen LogP contribution in [0.4, 0.5) is 14.5 Å². The Morgan fingerprint density at radius 3 is 2.47 bits per heavy atom. The van der Waals surface area contributed by atoms with Gasteiger partial charge < -0.3 is 4.90 Å². The second kappa shape index (κ2) is 4.42. The number of halogens is 2. The smallest absolute Gasteiger partial charge is 0.300 e. The second-order valence-corrected chi connectivity index (χ2v) is 4.29. The van der Waals surface area contributed by atoms with Crippen LogP contribution in [0.25, 0.3) is 0 Å². The van der Waals surface area contributed by atoms with E-state index in [1.807, 2.05) is 0 Å². The van der Waals surface area contributed by atoms with E-state index < -0.39 is 35.8 Å². The number of carbonyl (C=O) groups is 3. The highest BCUT2D eigenvalue weighted by Crippen LogP contribution is 2.32. The molecule has 1 aliphatic heterocycles. The molecule has 2 rings (SSSR count). The van der Waals surface area contributed by atoms with Crippen LogP contribution in [0.5, 0.6) is 0 Å². The molecule has 1 aromatic rings. The predicted molar refractivity (Wildman–Crippen MR) is 61.7 cm³/mol. The van der Waals surface area contributed by atoms with E-state index in [9.17, 15) is 23.2 Å². The molecule has 0 atom stereocenters. The van der Waals surface area contributed by atoms with Gasteiger partial charge in [-0.25, -0.2) is 8.78 Å². The van der Waals surface area contributed by atoms with Crippen molar-refractivity contribution in [3.63, 3.8) is 0 Å². The number of fused-ring (bicyclic) bond motifs is 1. The van der Waals surface area contributed by atoms with Crippen molar-refractivity contribution >= 4 is 23.3 Å². The first-order chi connectivity index (χ1) is 8.82. The summed E-state index contributed by atoms with van der Waals surface area (Å²) < 4.78 is 26.7. The van der Waals surface area contributed by atoms with Crippen LogP contribution in [-0.4, -0.2) is 43.1 Å². The number of nitrogens with zero attached hydrogens (tertiary/aromatic N) is 2. The van der Waals surface area contributed by atoms with Crippen molar-refractivity contribution in [2.24, 2.45) is 0 Å². The van der Waals surface area contributed by atoms with E-state index in [2.05, 4.69) is 0 Å². The third-order valence-corrected chi connectivity index (χ3v) is 2.77. The first-order valence-corrected chi connectivity index (χ1v) is 5.38. The molecule has 0 unspecified atom stereocenters. The fraction of sp³-hybridized carbons (Fsp3) is 0.250. The van der Waals surface area contributed by atoms with Crippen LogP contribution in [-0.2, 0) is 9.59 Å². The van der Waals surface area contributed by atoms with Crippen LogP contribution in [0.15, 0.2) is 12.1 Å². The van der Waals surface area contributed by atoms with E-state index in [-0.39, 0.29) is 11.3 Å². The Labute approximate surface area is 107 Å². The molecule has 0 radical (unpaired) electrons. The standard InChI is InChI=1S/C12H10F2N2O3/c1-15(2)9(17)5-16-10-7(11(18)12(16)19)3-6(13)4-8(10)14/h3-4H,5H2,1-2H3. The van der Waals surface area contributed by atoms with E-state index in [4.69, 9.17) is 0 Å². The summed E-state index contributed by atoms with van der Waals surface area (Å²) in [6, 6.07) is 1.36. The highest BCUT2D eigenvalue weighted by atomic mass is 19.1. The van der Waals surface area contributed by atoms with Crippen molar-refractivity contribution in [1.82, 2.24) is 4.90 Å². The number of amides is 2. The quantitative estimate of drug-likeness (QED) is 0.737. The Bertz CT molecular complexity index is 599. The summed E-state index contributed by atoms with van der Waals surface area (Å²) in [5.74, 6) is -4.51. The number of anilines is 1. The van der Waals surface area contributed by atoms with Gasteiger partial charge in [0.2, 0.25) is 5.91 Å². The van der Waals surface area contributed by atoms with Gasteiger partial charge in [-0.2, -0.15) is 0 Å². The Morgan fingerprint density at radius 2 is 1.89 bits per heavy atom. The maximum absolute atomic E-state index is 13.7. The molecule has 0 aromatic heterocycles. The molecule has 5 nitrogen and oxygen atoms in total. The number of hydrogen-bond donors (Lipinski definition) is 0. The number of benzene rings is 1. The summed E-state index contributed by atoms with van der Waals surface area (Å²) in [4.78, 5) is 36.8. The molecule has 0 spiro atoms. The van der Waals surface area contributed by atoms with Gasteiger partial charge in [0.1, 0.15) is 12.4 Å². The van der Waals surface area contributed by atoms with E-state index in [1.54, 1.807) is 0 Å². The molecular weight excluding hydrogens is 258 g/mol. The van der Waals surface area contributed by atoms with E-state index in [0.717, 1.165) is 11.0 Å². The molecule has 1 heterocycles. The van der Waals surface area contributed by atoms with Crippen LogP contribution in [0.2, 0.25) is 0 Å². The molecule has 0 bridgehead atoms. The number of carbonyl (C=O) groups excluding carboxylic acids is 3. The first-order valence-electron chi connectivity index (χ1n) is 5.38. The molecule has 2 amide bonds. The third-order valence-electron chi connectivity index (χ3n) is 2.77. The molecule has 0 saturated carbocycles. The fourth-order valence-electron chi connectivity index (χ4n) is 1.78. The largest absolute Gasteiger partial charge is 0.347 e. The highest BCUT2D eigenvalue weighted by Gasteiger charge is 2.39. The number of likely N-dealkylation sites (N-methyl/N-ethyl adjacent to an activating group) is 1. The zero-order valence-corrected chi connectivity index (χ0v) is 10.2. The fourth-order valence-corrected chi connectivity index (χ4v) is 1.78. The number of Topliss-reactive ketones (excluding diaryl/α,β-unsaturated/α-hetero) is 1. The number of ketones is 1. The number of hydrogen-bond acceptors (Lipinski definition) is 3. The summed E-state index contributed by atoms with van der Waals surface area (Å²) in [5.41, 5.74) is -0.694. The molecule has 0 fully saturated rings. The van der Waals surface area contributed by atoms with Crippen molar-refractivity contribution < 1.29 is 23.2 Å². The third kappa shape index (κ3) is 2.07. The van der Waals surface area contributed by atoms with Gasteiger partial charge in [-0.3, -0.25) is 19.3 Å². The average molecular weight is 268 g/mol. The zero-order valence-electron chi connectivity index (χ0n) is 10.2. The molecule has 19 heavy (non-hydrogen) atoms. The summed E-state index contributed by atoms with van der Waals surface area (Å²) in [7, 11) is 2.93. The van der Waals surface area contributed by atoms with Crippen molar-refractivity contribution in [3.05, 3.63) is 29.3 Å². The molecule has 1 aromatic carbocycles. The number of rotatable bonds is 2. The highest BCUT2D eigenvalue weighted by molar-refractivity contribution is 6.52. The zero-order chi connectivity index (χ0) is 14.3. The van der Waals surface area contributed by atoms with Gasteiger partial charge in [-0.1, -0.05) is 0 Å². The van der Waals surface area contributed by atoms with Gasteiger partial charge >= 0.3 is 0 Å². The van der Waals surface area contributed by atoms with E-state index >= 15 is 0 Å². The second-order valence-electron chi connectivity index (χ2n) is 4.29. The molecule has 0 saturated heterocycles. The minimum Gasteiger partial charge on any atom is -0.347 e. The van der Waals surface area contributed by atoms with Crippen LogP contribution >= 0.6 is 0 Å². The van der Waals surface area contributed by atoms with Crippen molar-refractivity contribution in [1.29, 1.82) is 0 Å². The van der Waals surface area contributed by atoms with Gasteiger partial charge in [0.15, 0.2) is 5.82 Å². The Balaban J connectivity index is 2.47. The van der Waals surface area contributed by atoms with Crippen molar-refractivity contribution in [2.75, 3.05) is 25.5 Å². The summed E-state index contributed by atoms with van der Waals surface area (Å²) in [6.45, 7) is -0.465. The molecule has 7 heteroatoms. The molecule has 0 N–H and O–H groups in total. The lowest BCUT2D eigenvalue weighted by Gasteiger charge is -2.19. The van der Waals surface area contributed by atoms with Crippen LogP contribution < -0.4 is 4.90 Å².